The summed E-state index contributed by atoms with van der Waals surface area (Å²) in [4.78, 5) is 30.6. The third-order valence-electron chi connectivity index (χ3n) is 4.42. The number of aromatic nitrogens is 2. The van der Waals surface area contributed by atoms with Crippen LogP contribution >= 0.6 is 11.8 Å². The fourth-order valence-electron chi connectivity index (χ4n) is 2.75. The van der Waals surface area contributed by atoms with Gasteiger partial charge in [0.25, 0.3) is 5.56 Å². The second-order valence-electron chi connectivity index (χ2n) is 6.46. The van der Waals surface area contributed by atoms with Crippen LogP contribution in [0.2, 0.25) is 0 Å². The van der Waals surface area contributed by atoms with Crippen LogP contribution in [0.5, 0.6) is 17.2 Å². The molecule has 2 aromatic carbocycles. The number of ether oxygens (including phenoxy) is 3. The zero-order valence-corrected chi connectivity index (χ0v) is 19.6. The largest absolute Gasteiger partial charge is 0.497 e. The molecule has 12 heteroatoms. The van der Waals surface area contributed by atoms with Crippen molar-refractivity contribution in [3.8, 4) is 17.2 Å². The summed E-state index contributed by atoms with van der Waals surface area (Å²) >= 11 is 0.943. The Bertz CT molecular complexity index is 1310. The lowest BCUT2D eigenvalue weighted by Gasteiger charge is -2.11. The van der Waals surface area contributed by atoms with Crippen molar-refractivity contribution < 1.29 is 27.4 Å². The number of nitrogens with zero attached hydrogens (tertiary/aromatic N) is 1. The van der Waals surface area contributed by atoms with Crippen LogP contribution in [0, 0.1) is 0 Å². The van der Waals surface area contributed by atoms with Crippen molar-refractivity contribution >= 4 is 33.2 Å². The van der Waals surface area contributed by atoms with Gasteiger partial charge in [-0.1, -0.05) is 11.8 Å². The van der Waals surface area contributed by atoms with Gasteiger partial charge in [0, 0.05) is 6.07 Å². The van der Waals surface area contributed by atoms with E-state index in [0.717, 1.165) is 18.0 Å². The van der Waals surface area contributed by atoms with E-state index in [0.29, 0.717) is 22.9 Å². The van der Waals surface area contributed by atoms with E-state index in [1.54, 1.807) is 18.2 Å². The second kappa shape index (κ2) is 10.4. The SMILES string of the molecule is COc1ccc(S(=O)(=O)c2cnc(SCC(=O)Nc3cc(OC)ccc3OC)[nH]c2=O)cc1. The first-order valence-corrected chi connectivity index (χ1v) is 11.9. The van der Waals surface area contributed by atoms with Gasteiger partial charge >= 0.3 is 0 Å². The third-order valence-corrected chi connectivity index (χ3v) is 7.07. The average Bonchev–Trinajstić information content (AvgIpc) is 2.82. The quantitative estimate of drug-likeness (QED) is 0.341. The molecule has 33 heavy (non-hydrogen) atoms. The van der Waals surface area contributed by atoms with E-state index in [1.165, 1.54) is 45.6 Å². The lowest BCUT2D eigenvalue weighted by Crippen LogP contribution is -2.20. The molecule has 0 saturated carbocycles. The van der Waals surface area contributed by atoms with Crippen LogP contribution < -0.4 is 25.1 Å². The number of methoxy groups -OCH3 is 3. The maximum absolute atomic E-state index is 12.8. The number of amides is 1. The molecule has 0 fully saturated rings. The van der Waals surface area contributed by atoms with Crippen molar-refractivity contribution in [2.24, 2.45) is 0 Å². The Balaban J connectivity index is 1.70. The number of rotatable bonds is 9. The van der Waals surface area contributed by atoms with Gasteiger partial charge in [-0.05, 0) is 36.4 Å². The second-order valence-corrected chi connectivity index (χ2v) is 9.35. The highest BCUT2D eigenvalue weighted by atomic mass is 32.2. The number of sulfone groups is 1. The molecular formula is C21H21N3O7S2. The fraction of sp³-hybridized carbons (Fsp3) is 0.190. The molecule has 2 N–H and O–H groups in total. The zero-order chi connectivity index (χ0) is 24.0. The lowest BCUT2D eigenvalue weighted by molar-refractivity contribution is -0.113. The van der Waals surface area contributed by atoms with Crippen LogP contribution in [0.4, 0.5) is 5.69 Å². The van der Waals surface area contributed by atoms with Gasteiger partial charge in [-0.2, -0.15) is 0 Å². The minimum atomic E-state index is -4.07. The molecular weight excluding hydrogens is 470 g/mol. The van der Waals surface area contributed by atoms with E-state index >= 15 is 0 Å². The molecule has 1 heterocycles. The van der Waals surface area contributed by atoms with Crippen LogP contribution in [-0.4, -0.2) is 51.4 Å². The highest BCUT2D eigenvalue weighted by molar-refractivity contribution is 7.99. The molecule has 0 saturated heterocycles. The van der Waals surface area contributed by atoms with Crippen molar-refractivity contribution in [3.05, 3.63) is 59.0 Å². The summed E-state index contributed by atoms with van der Waals surface area (Å²) in [6.45, 7) is 0. The molecule has 0 unspecified atom stereocenters. The van der Waals surface area contributed by atoms with Gasteiger partial charge in [0.05, 0.1) is 43.9 Å². The molecule has 0 aliphatic carbocycles. The molecule has 1 amide bonds. The van der Waals surface area contributed by atoms with E-state index in [9.17, 15) is 18.0 Å². The number of carbonyl (C=O) groups excluding carboxylic acids is 1. The Kier molecular flexibility index (Phi) is 7.61. The maximum atomic E-state index is 12.8. The Morgan fingerprint density at radius 1 is 1.03 bits per heavy atom. The molecule has 0 spiro atoms. The summed E-state index contributed by atoms with van der Waals surface area (Å²) in [5, 5.41) is 2.80. The van der Waals surface area contributed by atoms with Gasteiger partial charge in [0.15, 0.2) is 10.1 Å². The normalized spacial score (nSPS) is 11.0. The smallest absolute Gasteiger partial charge is 0.270 e. The van der Waals surface area contributed by atoms with E-state index in [4.69, 9.17) is 14.2 Å². The molecule has 1 aromatic heterocycles. The summed E-state index contributed by atoms with van der Waals surface area (Å²) in [6, 6.07) is 10.6. The van der Waals surface area contributed by atoms with Crippen LogP contribution in [0.1, 0.15) is 0 Å². The molecule has 3 aromatic rings. The summed E-state index contributed by atoms with van der Waals surface area (Å²) in [5.74, 6) is 1.00. The van der Waals surface area contributed by atoms with Gasteiger partial charge in [0.1, 0.15) is 17.2 Å². The Morgan fingerprint density at radius 2 is 1.70 bits per heavy atom. The first kappa shape index (κ1) is 24.1. The highest BCUT2D eigenvalue weighted by Gasteiger charge is 2.22. The molecule has 174 valence electrons. The molecule has 10 nitrogen and oxygen atoms in total. The van der Waals surface area contributed by atoms with Crippen LogP contribution in [-0.2, 0) is 14.6 Å². The minimum Gasteiger partial charge on any atom is -0.497 e. The number of aromatic amines is 1. The van der Waals surface area contributed by atoms with Gasteiger partial charge in [-0.15, -0.1) is 0 Å². The standard InChI is InChI=1S/C21H21N3O7S2/c1-29-13-4-7-15(8-5-13)33(27,28)18-11-22-21(24-20(18)26)32-12-19(25)23-16-10-14(30-2)6-9-17(16)31-3/h4-11H,12H2,1-3H3,(H,23,25)(H,22,24,26). The number of nitrogens with one attached hydrogen (secondary N) is 2. The third kappa shape index (κ3) is 5.65. The van der Waals surface area contributed by atoms with Gasteiger partial charge in [-0.25, -0.2) is 13.4 Å². The summed E-state index contributed by atoms with van der Waals surface area (Å²) < 4.78 is 40.9. The topological polar surface area (TPSA) is 137 Å². The average molecular weight is 492 g/mol. The van der Waals surface area contributed by atoms with Crippen LogP contribution in [0.25, 0.3) is 0 Å². The molecule has 0 bridgehead atoms. The predicted octanol–water partition coefficient (Wildman–Crippen LogP) is 2.36. The minimum absolute atomic E-state index is 0.0670. The highest BCUT2D eigenvalue weighted by Crippen LogP contribution is 2.29. The fourth-order valence-corrected chi connectivity index (χ4v) is 4.61. The van der Waals surface area contributed by atoms with Crippen LogP contribution in [0.3, 0.4) is 0 Å². The van der Waals surface area contributed by atoms with E-state index in [2.05, 4.69) is 15.3 Å². The number of thioether (sulfide) groups is 1. The number of hydrogen-bond donors (Lipinski definition) is 2. The number of benzene rings is 2. The van der Waals surface area contributed by atoms with E-state index < -0.39 is 20.3 Å². The predicted molar refractivity (Wildman–Crippen MR) is 122 cm³/mol. The number of H-pyrrole nitrogens is 1. The monoisotopic (exact) mass is 491 g/mol. The first-order chi connectivity index (χ1) is 15.8. The Hall–Kier alpha value is -3.51. The number of carbonyl (C=O) groups is 1. The van der Waals surface area contributed by atoms with Crippen molar-refractivity contribution in [1.82, 2.24) is 9.97 Å². The molecule has 3 rings (SSSR count). The Morgan fingerprint density at radius 3 is 2.30 bits per heavy atom. The summed E-state index contributed by atoms with van der Waals surface area (Å²) in [6.07, 6.45) is 0.976. The molecule has 0 radical (unpaired) electrons. The van der Waals surface area contributed by atoms with Crippen LogP contribution in [0.15, 0.2) is 68.4 Å². The summed E-state index contributed by atoms with van der Waals surface area (Å²) in [7, 11) is 0.365. The number of hydrogen-bond acceptors (Lipinski definition) is 9. The summed E-state index contributed by atoms with van der Waals surface area (Å²) in [5.41, 5.74) is -0.414. The molecule has 0 aliphatic heterocycles. The molecule has 0 atom stereocenters. The lowest BCUT2D eigenvalue weighted by atomic mass is 10.2. The van der Waals surface area contributed by atoms with Crippen molar-refractivity contribution in [1.29, 1.82) is 0 Å². The van der Waals surface area contributed by atoms with Gasteiger partial charge in [0.2, 0.25) is 15.7 Å². The first-order valence-electron chi connectivity index (χ1n) is 9.41. The maximum Gasteiger partial charge on any atom is 0.270 e. The van der Waals surface area contributed by atoms with E-state index in [1.807, 2.05) is 0 Å². The molecule has 0 aliphatic rings. The zero-order valence-electron chi connectivity index (χ0n) is 17.9. The van der Waals surface area contributed by atoms with Crippen molar-refractivity contribution in [2.45, 2.75) is 14.9 Å². The van der Waals surface area contributed by atoms with E-state index in [-0.39, 0.29) is 21.7 Å². The number of anilines is 1. The van der Waals surface area contributed by atoms with Crippen molar-refractivity contribution in [3.63, 3.8) is 0 Å². The Labute approximate surface area is 194 Å². The van der Waals surface area contributed by atoms with Gasteiger partial charge in [-0.3, -0.25) is 9.59 Å². The van der Waals surface area contributed by atoms with Crippen molar-refractivity contribution in [2.75, 3.05) is 32.4 Å². The van der Waals surface area contributed by atoms with Gasteiger partial charge < -0.3 is 24.5 Å².